The largest absolute Gasteiger partial charge is 0.461 e. The van der Waals surface area contributed by atoms with Crippen molar-refractivity contribution in [3.05, 3.63) is 34.9 Å². The quantitative estimate of drug-likeness (QED) is 0.781. The molecule has 1 aromatic carbocycles. The van der Waals surface area contributed by atoms with Crippen LogP contribution in [0.15, 0.2) is 24.3 Å². The van der Waals surface area contributed by atoms with E-state index in [0.29, 0.717) is 5.02 Å². The van der Waals surface area contributed by atoms with Crippen LogP contribution in [0.1, 0.15) is 12.5 Å². The van der Waals surface area contributed by atoms with Crippen molar-refractivity contribution in [3.63, 3.8) is 0 Å². The average Bonchev–Trinajstić information content (AvgIpc) is 2.42. The Kier molecular flexibility index (Phi) is 5.83. The summed E-state index contributed by atoms with van der Waals surface area (Å²) >= 11 is 5.81. The van der Waals surface area contributed by atoms with Gasteiger partial charge in [-0.3, -0.25) is 9.69 Å². The predicted molar refractivity (Wildman–Crippen MR) is 78.0 cm³/mol. The number of hydrogen-bond donors (Lipinski definition) is 0. The summed E-state index contributed by atoms with van der Waals surface area (Å²) in [5.41, 5.74) is 0.915. The summed E-state index contributed by atoms with van der Waals surface area (Å²) in [5.74, 6) is -0.201. The van der Waals surface area contributed by atoms with Gasteiger partial charge in [0.2, 0.25) is 0 Å². The molecule has 0 bridgehead atoms. The molecule has 1 fully saturated rings. The van der Waals surface area contributed by atoms with Gasteiger partial charge in [0.15, 0.2) is 0 Å². The molecule has 2 rings (SSSR count). The van der Waals surface area contributed by atoms with E-state index in [2.05, 4.69) is 4.90 Å². The van der Waals surface area contributed by atoms with Crippen LogP contribution < -0.4 is 0 Å². The predicted octanol–water partition coefficient (Wildman–Crippen LogP) is 2.15. The van der Waals surface area contributed by atoms with E-state index in [1.54, 1.807) is 12.1 Å². The Morgan fingerprint density at radius 1 is 1.35 bits per heavy atom. The minimum Gasteiger partial charge on any atom is -0.461 e. The van der Waals surface area contributed by atoms with Crippen molar-refractivity contribution in [1.29, 1.82) is 0 Å². The van der Waals surface area contributed by atoms with Crippen molar-refractivity contribution in [2.24, 2.45) is 0 Å². The standard InChI is InChI=1S/C15H20ClNO3/c1-12(11-17-6-8-19-9-7-17)20-15(18)10-13-2-4-14(16)5-3-13/h2-5,12H,6-11H2,1H3/t12-/m1/s1. The van der Waals surface area contributed by atoms with Gasteiger partial charge in [0.25, 0.3) is 0 Å². The highest BCUT2D eigenvalue weighted by Gasteiger charge is 2.16. The summed E-state index contributed by atoms with van der Waals surface area (Å²) in [7, 11) is 0. The Morgan fingerprint density at radius 2 is 2.00 bits per heavy atom. The molecule has 1 aromatic rings. The van der Waals surface area contributed by atoms with Crippen molar-refractivity contribution >= 4 is 17.6 Å². The van der Waals surface area contributed by atoms with E-state index >= 15 is 0 Å². The molecule has 0 radical (unpaired) electrons. The topological polar surface area (TPSA) is 38.8 Å². The van der Waals surface area contributed by atoms with Crippen LogP contribution in [-0.2, 0) is 20.7 Å². The summed E-state index contributed by atoms with van der Waals surface area (Å²) < 4.78 is 10.7. The number of hydrogen-bond acceptors (Lipinski definition) is 4. The third-order valence-corrected chi connectivity index (χ3v) is 3.47. The van der Waals surface area contributed by atoms with E-state index in [9.17, 15) is 4.79 Å². The number of nitrogens with zero attached hydrogens (tertiary/aromatic N) is 1. The molecule has 5 heteroatoms. The first-order valence-corrected chi connectivity index (χ1v) is 7.25. The molecule has 0 amide bonds. The van der Waals surface area contributed by atoms with Crippen LogP contribution >= 0.6 is 11.6 Å². The zero-order chi connectivity index (χ0) is 14.4. The molecule has 1 saturated heterocycles. The van der Waals surface area contributed by atoms with Gasteiger partial charge in [0.05, 0.1) is 19.6 Å². The molecule has 1 aliphatic heterocycles. The Morgan fingerprint density at radius 3 is 2.65 bits per heavy atom. The highest BCUT2D eigenvalue weighted by atomic mass is 35.5. The lowest BCUT2D eigenvalue weighted by molar-refractivity contribution is -0.148. The molecular weight excluding hydrogens is 278 g/mol. The number of benzene rings is 1. The van der Waals surface area contributed by atoms with Crippen LogP contribution in [0, 0.1) is 0 Å². The highest BCUT2D eigenvalue weighted by Crippen LogP contribution is 2.11. The number of carbonyl (C=O) groups is 1. The molecule has 0 spiro atoms. The molecule has 0 aliphatic carbocycles. The smallest absolute Gasteiger partial charge is 0.310 e. The van der Waals surface area contributed by atoms with Gasteiger partial charge < -0.3 is 9.47 Å². The van der Waals surface area contributed by atoms with E-state index in [-0.39, 0.29) is 18.5 Å². The lowest BCUT2D eigenvalue weighted by atomic mass is 10.1. The third-order valence-electron chi connectivity index (χ3n) is 3.21. The highest BCUT2D eigenvalue weighted by molar-refractivity contribution is 6.30. The molecular formula is C15H20ClNO3. The van der Waals surface area contributed by atoms with Gasteiger partial charge in [-0.25, -0.2) is 0 Å². The number of carbonyl (C=O) groups excluding carboxylic acids is 1. The SMILES string of the molecule is C[C@H](CN1CCOCC1)OC(=O)Cc1ccc(Cl)cc1. The van der Waals surface area contributed by atoms with Crippen molar-refractivity contribution in [3.8, 4) is 0 Å². The zero-order valence-corrected chi connectivity index (χ0v) is 12.4. The average molecular weight is 298 g/mol. The van der Waals surface area contributed by atoms with Gasteiger partial charge in [-0.05, 0) is 24.6 Å². The molecule has 0 N–H and O–H groups in total. The lowest BCUT2D eigenvalue weighted by Crippen LogP contribution is -2.41. The van der Waals surface area contributed by atoms with Crippen molar-refractivity contribution < 1.29 is 14.3 Å². The normalized spacial score (nSPS) is 17.7. The van der Waals surface area contributed by atoms with E-state index in [1.165, 1.54) is 0 Å². The van der Waals surface area contributed by atoms with Crippen LogP contribution in [-0.4, -0.2) is 49.8 Å². The Balaban J connectivity index is 1.74. The first kappa shape index (κ1) is 15.3. The first-order valence-electron chi connectivity index (χ1n) is 6.87. The Hall–Kier alpha value is -1.10. The fourth-order valence-electron chi connectivity index (χ4n) is 2.22. The minimum atomic E-state index is -0.201. The van der Waals surface area contributed by atoms with Crippen LogP contribution in [0.3, 0.4) is 0 Å². The number of morpholine rings is 1. The van der Waals surface area contributed by atoms with Gasteiger partial charge in [0, 0.05) is 24.7 Å². The summed E-state index contributed by atoms with van der Waals surface area (Å²) in [6, 6.07) is 7.25. The van der Waals surface area contributed by atoms with Gasteiger partial charge in [0.1, 0.15) is 6.10 Å². The fraction of sp³-hybridized carbons (Fsp3) is 0.533. The van der Waals surface area contributed by atoms with Gasteiger partial charge in [-0.1, -0.05) is 23.7 Å². The summed E-state index contributed by atoms with van der Waals surface area (Å²) in [4.78, 5) is 14.1. The minimum absolute atomic E-state index is 0.104. The molecule has 0 unspecified atom stereocenters. The second-order valence-corrected chi connectivity index (χ2v) is 5.45. The number of halogens is 1. The lowest BCUT2D eigenvalue weighted by Gasteiger charge is -2.28. The molecule has 0 saturated carbocycles. The molecule has 20 heavy (non-hydrogen) atoms. The van der Waals surface area contributed by atoms with Crippen molar-refractivity contribution in [2.75, 3.05) is 32.8 Å². The zero-order valence-electron chi connectivity index (χ0n) is 11.7. The second-order valence-electron chi connectivity index (χ2n) is 5.02. The van der Waals surface area contributed by atoms with E-state index < -0.39 is 0 Å². The maximum absolute atomic E-state index is 11.9. The Bertz CT molecular complexity index is 429. The number of rotatable bonds is 5. The molecule has 0 aromatic heterocycles. The number of ether oxygens (including phenoxy) is 2. The van der Waals surface area contributed by atoms with Crippen LogP contribution in [0.5, 0.6) is 0 Å². The van der Waals surface area contributed by atoms with Crippen molar-refractivity contribution in [2.45, 2.75) is 19.4 Å². The maximum Gasteiger partial charge on any atom is 0.310 e. The van der Waals surface area contributed by atoms with Crippen molar-refractivity contribution in [1.82, 2.24) is 4.90 Å². The van der Waals surface area contributed by atoms with E-state index in [0.717, 1.165) is 38.4 Å². The first-order chi connectivity index (χ1) is 9.63. The molecule has 1 heterocycles. The van der Waals surface area contributed by atoms with Crippen LogP contribution in [0.25, 0.3) is 0 Å². The van der Waals surface area contributed by atoms with E-state index in [4.69, 9.17) is 21.1 Å². The van der Waals surface area contributed by atoms with Gasteiger partial charge >= 0.3 is 5.97 Å². The number of esters is 1. The van der Waals surface area contributed by atoms with Crippen LogP contribution in [0.2, 0.25) is 5.02 Å². The van der Waals surface area contributed by atoms with Gasteiger partial charge in [-0.15, -0.1) is 0 Å². The summed E-state index contributed by atoms with van der Waals surface area (Å²) in [5, 5.41) is 0.669. The maximum atomic E-state index is 11.9. The van der Waals surface area contributed by atoms with Gasteiger partial charge in [-0.2, -0.15) is 0 Å². The fourth-order valence-corrected chi connectivity index (χ4v) is 2.35. The second kappa shape index (κ2) is 7.62. The third kappa shape index (κ3) is 5.12. The summed E-state index contributed by atoms with van der Waals surface area (Å²) in [6.45, 7) is 6.00. The molecule has 4 nitrogen and oxygen atoms in total. The molecule has 110 valence electrons. The molecule has 1 aliphatic rings. The van der Waals surface area contributed by atoms with E-state index in [1.807, 2.05) is 19.1 Å². The van der Waals surface area contributed by atoms with Crippen LogP contribution in [0.4, 0.5) is 0 Å². The molecule has 1 atom stereocenters. The monoisotopic (exact) mass is 297 g/mol. The summed E-state index contributed by atoms with van der Waals surface area (Å²) in [6.07, 6.45) is 0.179. The Labute approximate surface area is 124 Å².